The summed E-state index contributed by atoms with van der Waals surface area (Å²) in [6, 6.07) is 0.163. The van der Waals surface area contributed by atoms with Crippen molar-refractivity contribution >= 4 is 17.9 Å². The van der Waals surface area contributed by atoms with Gasteiger partial charge in [-0.1, -0.05) is 6.92 Å². The van der Waals surface area contributed by atoms with E-state index in [2.05, 4.69) is 12.2 Å². The Labute approximate surface area is 97.3 Å². The van der Waals surface area contributed by atoms with Crippen LogP contribution in [-0.4, -0.2) is 29.2 Å². The van der Waals surface area contributed by atoms with Gasteiger partial charge >= 0.3 is 6.09 Å². The number of ether oxygens (including phenoxy) is 1. The normalized spacial score (nSPS) is 13.4. The van der Waals surface area contributed by atoms with Crippen molar-refractivity contribution in [1.29, 1.82) is 0 Å². The largest absolute Gasteiger partial charge is 0.444 e. The first-order chi connectivity index (χ1) is 6.85. The first kappa shape index (κ1) is 14.6. The zero-order chi connectivity index (χ0) is 11.9. The summed E-state index contributed by atoms with van der Waals surface area (Å²) in [5.74, 6) is 2.08. The maximum absolute atomic E-state index is 11.4. The number of hydrogen-bond acceptors (Lipinski definition) is 3. The Balaban J connectivity index is 3.67. The summed E-state index contributed by atoms with van der Waals surface area (Å²) in [4.78, 5) is 11.4. The van der Waals surface area contributed by atoms with E-state index < -0.39 is 5.60 Å². The fourth-order valence-electron chi connectivity index (χ4n) is 0.955. The minimum atomic E-state index is -0.416. The van der Waals surface area contributed by atoms with E-state index in [-0.39, 0.29) is 12.1 Å². The summed E-state index contributed by atoms with van der Waals surface area (Å²) in [5, 5.41) is 2.81. The number of alkyl carbamates (subject to hydrolysis) is 1. The molecular formula is C11H23NO2S. The van der Waals surface area contributed by atoms with Gasteiger partial charge in [0.25, 0.3) is 0 Å². The highest BCUT2D eigenvalue weighted by atomic mass is 32.2. The first-order valence-corrected chi connectivity index (χ1v) is 6.58. The molecule has 0 bridgehead atoms. The summed E-state index contributed by atoms with van der Waals surface area (Å²) in [6.07, 6.45) is 0.844. The molecule has 1 N–H and O–H groups in total. The van der Waals surface area contributed by atoms with Crippen LogP contribution < -0.4 is 5.32 Å². The quantitative estimate of drug-likeness (QED) is 0.742. The Morgan fingerprint density at radius 3 is 2.53 bits per heavy atom. The molecule has 0 aromatic heterocycles. The molecule has 0 aromatic carbocycles. The van der Waals surface area contributed by atoms with Gasteiger partial charge < -0.3 is 10.1 Å². The highest BCUT2D eigenvalue weighted by molar-refractivity contribution is 7.99. The van der Waals surface area contributed by atoms with E-state index in [0.29, 0.717) is 0 Å². The van der Waals surface area contributed by atoms with E-state index in [1.807, 2.05) is 39.5 Å². The molecule has 0 rings (SSSR count). The average Bonchev–Trinajstić information content (AvgIpc) is 2.00. The summed E-state index contributed by atoms with van der Waals surface area (Å²) in [6.45, 7) is 9.74. The van der Waals surface area contributed by atoms with E-state index in [1.54, 1.807) is 0 Å². The molecule has 15 heavy (non-hydrogen) atoms. The van der Waals surface area contributed by atoms with E-state index in [9.17, 15) is 4.79 Å². The van der Waals surface area contributed by atoms with Gasteiger partial charge in [-0.05, 0) is 39.9 Å². The molecule has 90 valence electrons. The number of carbonyl (C=O) groups is 1. The summed E-state index contributed by atoms with van der Waals surface area (Å²) in [7, 11) is 0. The molecular weight excluding hydrogens is 210 g/mol. The number of carbonyl (C=O) groups excluding carboxylic acids is 1. The number of nitrogens with one attached hydrogen (secondary N) is 1. The molecule has 0 saturated heterocycles. The van der Waals surface area contributed by atoms with Gasteiger partial charge in [0, 0.05) is 11.8 Å². The van der Waals surface area contributed by atoms with E-state index in [4.69, 9.17) is 4.74 Å². The zero-order valence-corrected chi connectivity index (χ0v) is 11.2. The first-order valence-electron chi connectivity index (χ1n) is 5.42. The molecule has 0 fully saturated rings. The molecule has 3 nitrogen and oxygen atoms in total. The van der Waals surface area contributed by atoms with Crippen LogP contribution in [0.1, 0.15) is 41.0 Å². The van der Waals surface area contributed by atoms with Crippen molar-refractivity contribution < 1.29 is 9.53 Å². The molecule has 1 unspecified atom stereocenters. The van der Waals surface area contributed by atoms with Crippen LogP contribution in [0.4, 0.5) is 4.79 Å². The van der Waals surface area contributed by atoms with Gasteiger partial charge in [-0.2, -0.15) is 11.8 Å². The van der Waals surface area contributed by atoms with Crippen LogP contribution in [0.3, 0.4) is 0 Å². The van der Waals surface area contributed by atoms with Crippen LogP contribution in [0.15, 0.2) is 0 Å². The summed E-state index contributed by atoms with van der Waals surface area (Å²) in [5.41, 5.74) is -0.416. The van der Waals surface area contributed by atoms with Gasteiger partial charge in [0.15, 0.2) is 0 Å². The lowest BCUT2D eigenvalue weighted by Crippen LogP contribution is -2.38. The van der Waals surface area contributed by atoms with Crippen molar-refractivity contribution in [1.82, 2.24) is 5.32 Å². The van der Waals surface area contributed by atoms with Crippen molar-refractivity contribution in [3.05, 3.63) is 0 Å². The number of hydrogen-bond donors (Lipinski definition) is 1. The second-order valence-corrected chi connectivity index (χ2v) is 5.77. The minimum Gasteiger partial charge on any atom is -0.444 e. The van der Waals surface area contributed by atoms with E-state index in [0.717, 1.165) is 11.5 Å². The lowest BCUT2D eigenvalue weighted by molar-refractivity contribution is 0.0513. The van der Waals surface area contributed by atoms with Crippen LogP contribution in [0, 0.1) is 0 Å². The number of amides is 1. The second kappa shape index (κ2) is 6.99. The van der Waals surface area contributed by atoms with Gasteiger partial charge in [-0.15, -0.1) is 0 Å². The van der Waals surface area contributed by atoms with Gasteiger partial charge in [0.1, 0.15) is 5.60 Å². The highest BCUT2D eigenvalue weighted by Crippen LogP contribution is 2.08. The van der Waals surface area contributed by atoms with Gasteiger partial charge in [0.2, 0.25) is 0 Å². The molecule has 0 spiro atoms. The molecule has 0 aliphatic heterocycles. The Morgan fingerprint density at radius 1 is 1.47 bits per heavy atom. The third-order valence-electron chi connectivity index (χ3n) is 1.48. The third-order valence-corrected chi connectivity index (χ3v) is 2.91. The maximum Gasteiger partial charge on any atom is 0.407 e. The molecule has 4 heteroatoms. The Morgan fingerprint density at radius 2 is 2.07 bits per heavy atom. The smallest absolute Gasteiger partial charge is 0.407 e. The topological polar surface area (TPSA) is 38.3 Å². The fraction of sp³-hybridized carbons (Fsp3) is 0.909. The van der Waals surface area contributed by atoms with E-state index in [1.165, 1.54) is 6.42 Å². The fourth-order valence-corrected chi connectivity index (χ4v) is 1.85. The molecule has 0 aliphatic rings. The van der Waals surface area contributed by atoms with Gasteiger partial charge in [-0.3, -0.25) is 0 Å². The van der Waals surface area contributed by atoms with Crippen LogP contribution >= 0.6 is 11.8 Å². The number of thioether (sulfide) groups is 1. The highest BCUT2D eigenvalue weighted by Gasteiger charge is 2.17. The predicted molar refractivity (Wildman–Crippen MR) is 66.4 cm³/mol. The molecule has 1 amide bonds. The molecule has 0 saturated carbocycles. The Kier molecular flexibility index (Phi) is 6.81. The lowest BCUT2D eigenvalue weighted by Gasteiger charge is -2.21. The molecule has 0 heterocycles. The van der Waals surface area contributed by atoms with Crippen molar-refractivity contribution in [2.45, 2.75) is 52.7 Å². The predicted octanol–water partition coefficient (Wildman–Crippen LogP) is 3.04. The molecule has 1 atom stereocenters. The van der Waals surface area contributed by atoms with Crippen molar-refractivity contribution in [3.63, 3.8) is 0 Å². The zero-order valence-electron chi connectivity index (χ0n) is 10.4. The van der Waals surface area contributed by atoms with Crippen LogP contribution in [0.25, 0.3) is 0 Å². The molecule has 0 radical (unpaired) electrons. The molecule has 0 aromatic rings. The lowest BCUT2D eigenvalue weighted by atomic mass is 10.2. The van der Waals surface area contributed by atoms with Crippen molar-refractivity contribution in [3.8, 4) is 0 Å². The summed E-state index contributed by atoms with van der Waals surface area (Å²) >= 11 is 1.85. The molecule has 0 aliphatic carbocycles. The van der Waals surface area contributed by atoms with Crippen molar-refractivity contribution in [2.75, 3.05) is 11.5 Å². The van der Waals surface area contributed by atoms with E-state index >= 15 is 0 Å². The van der Waals surface area contributed by atoms with Crippen LogP contribution in [0.2, 0.25) is 0 Å². The summed E-state index contributed by atoms with van der Waals surface area (Å²) < 4.78 is 5.16. The average molecular weight is 233 g/mol. The minimum absolute atomic E-state index is 0.163. The SMILES string of the molecule is CCCSCC(C)NC(=O)OC(C)(C)C. The van der Waals surface area contributed by atoms with Gasteiger partial charge in [0.05, 0.1) is 0 Å². The third kappa shape index (κ3) is 9.91. The number of rotatable bonds is 5. The Bertz CT molecular complexity index is 190. The van der Waals surface area contributed by atoms with Crippen LogP contribution in [-0.2, 0) is 4.74 Å². The second-order valence-electron chi connectivity index (χ2n) is 4.62. The standard InChI is InChI=1S/C11H23NO2S/c1-6-7-15-8-9(2)12-10(13)14-11(3,4)5/h9H,6-8H2,1-5H3,(H,12,13). The van der Waals surface area contributed by atoms with Crippen LogP contribution in [0.5, 0.6) is 0 Å². The maximum atomic E-state index is 11.4. The van der Waals surface area contributed by atoms with Crippen molar-refractivity contribution in [2.24, 2.45) is 0 Å². The van der Waals surface area contributed by atoms with Gasteiger partial charge in [-0.25, -0.2) is 4.79 Å². The monoisotopic (exact) mass is 233 g/mol. The Hall–Kier alpha value is -0.380.